The highest BCUT2D eigenvalue weighted by Crippen LogP contribution is 2.36. The molecule has 2 aliphatic heterocycles. The standard InChI is InChI=1S/C25H24O12/c1-32-24(31)23-18(11-2-5-14-16(8-11)34-7-6-33-14)19(27)13-4-3-12(9-15(13)36-23)35-25-22(30)21(29)20(28)17(10-26)37-25/h2-5,8-9,17,20-22,25-26,28-30H,6-7,10H2,1H3. The molecule has 12 nitrogen and oxygen atoms in total. The first-order valence-electron chi connectivity index (χ1n) is 11.4. The monoisotopic (exact) mass is 516 g/mol. The molecule has 5 unspecified atom stereocenters. The summed E-state index contributed by atoms with van der Waals surface area (Å²) >= 11 is 0. The molecule has 0 saturated carbocycles. The molecule has 0 radical (unpaired) electrons. The summed E-state index contributed by atoms with van der Waals surface area (Å²) in [5.74, 6) is -0.245. The van der Waals surface area contributed by atoms with E-state index in [-0.39, 0.29) is 28.0 Å². The summed E-state index contributed by atoms with van der Waals surface area (Å²) in [6.07, 6.45) is -7.42. The van der Waals surface area contributed by atoms with Gasteiger partial charge in [-0.25, -0.2) is 4.79 Å². The van der Waals surface area contributed by atoms with Crippen LogP contribution in [0.1, 0.15) is 10.6 Å². The van der Waals surface area contributed by atoms with Gasteiger partial charge in [0.2, 0.25) is 17.5 Å². The van der Waals surface area contributed by atoms with Gasteiger partial charge < -0.3 is 48.5 Å². The zero-order valence-corrected chi connectivity index (χ0v) is 19.5. The first kappa shape index (κ1) is 25.0. The molecular weight excluding hydrogens is 492 g/mol. The summed E-state index contributed by atoms with van der Waals surface area (Å²) in [5, 5.41) is 39.7. The average Bonchev–Trinajstić information content (AvgIpc) is 2.92. The van der Waals surface area contributed by atoms with Gasteiger partial charge in [0, 0.05) is 6.07 Å². The molecular formula is C25H24O12. The molecule has 0 spiro atoms. The molecule has 3 heterocycles. The molecule has 1 fully saturated rings. The molecule has 2 aromatic carbocycles. The van der Waals surface area contributed by atoms with E-state index in [1.807, 2.05) is 0 Å². The van der Waals surface area contributed by atoms with Crippen molar-refractivity contribution in [2.45, 2.75) is 30.7 Å². The number of carbonyl (C=O) groups excluding carboxylic acids is 1. The predicted molar refractivity (Wildman–Crippen MR) is 125 cm³/mol. The first-order chi connectivity index (χ1) is 17.8. The lowest BCUT2D eigenvalue weighted by Gasteiger charge is -2.39. The molecule has 3 aromatic rings. The van der Waals surface area contributed by atoms with Crippen molar-refractivity contribution >= 4 is 16.9 Å². The number of ether oxygens (including phenoxy) is 5. The first-order valence-corrected chi connectivity index (χ1v) is 11.4. The summed E-state index contributed by atoms with van der Waals surface area (Å²) in [4.78, 5) is 26.1. The van der Waals surface area contributed by atoms with Gasteiger partial charge in [0.1, 0.15) is 49.0 Å². The number of hydrogen-bond acceptors (Lipinski definition) is 12. The SMILES string of the molecule is COC(=O)c1oc2cc(OC3OC(CO)C(O)C(O)C3O)ccc2c(=O)c1-c1ccc2c(c1)OCCO2. The maximum Gasteiger partial charge on any atom is 0.374 e. The molecule has 12 heteroatoms. The van der Waals surface area contributed by atoms with Crippen molar-refractivity contribution in [2.24, 2.45) is 0 Å². The highest BCUT2D eigenvalue weighted by atomic mass is 16.7. The Kier molecular flexibility index (Phi) is 6.75. The van der Waals surface area contributed by atoms with Crippen LogP contribution < -0.4 is 19.6 Å². The Balaban J connectivity index is 1.55. The second-order valence-electron chi connectivity index (χ2n) is 8.46. The van der Waals surface area contributed by atoms with Gasteiger partial charge in [0.25, 0.3) is 0 Å². The van der Waals surface area contributed by atoms with Gasteiger partial charge >= 0.3 is 5.97 Å². The van der Waals surface area contributed by atoms with Crippen LogP contribution in [0.25, 0.3) is 22.1 Å². The molecule has 37 heavy (non-hydrogen) atoms. The number of esters is 1. The number of aliphatic hydroxyl groups is 4. The lowest BCUT2D eigenvalue weighted by Crippen LogP contribution is -2.60. The Bertz CT molecular complexity index is 1380. The van der Waals surface area contributed by atoms with Crippen molar-refractivity contribution in [1.29, 1.82) is 0 Å². The minimum atomic E-state index is -1.64. The van der Waals surface area contributed by atoms with E-state index < -0.39 is 48.7 Å². The highest BCUT2D eigenvalue weighted by Gasteiger charge is 2.44. The second kappa shape index (κ2) is 10.00. The molecule has 0 bridgehead atoms. The number of benzene rings is 2. The molecule has 5 atom stereocenters. The Morgan fingerprint density at radius 2 is 1.76 bits per heavy atom. The van der Waals surface area contributed by atoms with Crippen LogP contribution in [-0.2, 0) is 9.47 Å². The van der Waals surface area contributed by atoms with E-state index in [9.17, 15) is 30.0 Å². The summed E-state index contributed by atoms with van der Waals surface area (Å²) < 4.78 is 32.7. The topological polar surface area (TPSA) is 174 Å². The third kappa shape index (κ3) is 4.49. The fraction of sp³-hybridized carbons (Fsp3) is 0.360. The highest BCUT2D eigenvalue weighted by molar-refractivity contribution is 5.98. The molecule has 196 valence electrons. The number of methoxy groups -OCH3 is 1. The van der Waals surface area contributed by atoms with E-state index in [4.69, 9.17) is 28.1 Å². The van der Waals surface area contributed by atoms with E-state index in [0.29, 0.717) is 30.3 Å². The average molecular weight is 516 g/mol. The van der Waals surface area contributed by atoms with Crippen LogP contribution in [0.15, 0.2) is 45.6 Å². The van der Waals surface area contributed by atoms with Gasteiger partial charge in [-0.15, -0.1) is 0 Å². The predicted octanol–water partition coefficient (Wildman–Crippen LogP) is 0.196. The number of carbonyl (C=O) groups is 1. The van der Waals surface area contributed by atoms with Gasteiger partial charge in [0.05, 0.1) is 24.7 Å². The fourth-order valence-corrected chi connectivity index (χ4v) is 4.24. The van der Waals surface area contributed by atoms with Gasteiger partial charge in [0.15, 0.2) is 11.5 Å². The van der Waals surface area contributed by atoms with Crippen LogP contribution in [0.2, 0.25) is 0 Å². The molecule has 1 saturated heterocycles. The number of rotatable bonds is 5. The van der Waals surface area contributed by atoms with E-state index in [1.165, 1.54) is 18.2 Å². The zero-order valence-electron chi connectivity index (χ0n) is 19.5. The van der Waals surface area contributed by atoms with E-state index in [2.05, 4.69) is 0 Å². The van der Waals surface area contributed by atoms with E-state index in [0.717, 1.165) is 7.11 Å². The molecule has 0 aliphatic carbocycles. The molecule has 5 rings (SSSR count). The summed E-state index contributed by atoms with van der Waals surface area (Å²) in [6.45, 7) is 0.109. The summed E-state index contributed by atoms with van der Waals surface area (Å²) in [5.41, 5.74) is -0.202. The number of fused-ring (bicyclic) bond motifs is 2. The van der Waals surface area contributed by atoms with Crippen molar-refractivity contribution in [1.82, 2.24) is 0 Å². The quantitative estimate of drug-likeness (QED) is 0.340. The van der Waals surface area contributed by atoms with Gasteiger partial charge in [-0.1, -0.05) is 6.07 Å². The van der Waals surface area contributed by atoms with E-state index in [1.54, 1.807) is 18.2 Å². The smallest absolute Gasteiger partial charge is 0.374 e. The van der Waals surface area contributed by atoms with E-state index >= 15 is 0 Å². The zero-order chi connectivity index (χ0) is 26.3. The van der Waals surface area contributed by atoms with Gasteiger partial charge in [-0.05, 0) is 29.8 Å². The third-order valence-electron chi connectivity index (χ3n) is 6.17. The Morgan fingerprint density at radius 3 is 2.49 bits per heavy atom. The largest absolute Gasteiger partial charge is 0.486 e. The van der Waals surface area contributed by atoms with Crippen LogP contribution in [-0.4, -0.2) is 84.0 Å². The Labute approximate surface area is 209 Å². The van der Waals surface area contributed by atoms with Crippen LogP contribution in [0.3, 0.4) is 0 Å². The summed E-state index contributed by atoms with van der Waals surface area (Å²) in [7, 11) is 1.15. The normalized spacial score (nSPS) is 25.1. The van der Waals surface area contributed by atoms with Crippen molar-refractivity contribution in [3.63, 3.8) is 0 Å². The maximum absolute atomic E-state index is 13.5. The van der Waals surface area contributed by atoms with Crippen LogP contribution in [0.4, 0.5) is 0 Å². The van der Waals surface area contributed by atoms with Crippen LogP contribution >= 0.6 is 0 Å². The van der Waals surface area contributed by atoms with Gasteiger partial charge in [-0.3, -0.25) is 4.79 Å². The van der Waals surface area contributed by atoms with Crippen LogP contribution in [0, 0.1) is 0 Å². The second-order valence-corrected chi connectivity index (χ2v) is 8.46. The number of aliphatic hydroxyl groups excluding tert-OH is 4. The minimum Gasteiger partial charge on any atom is -0.486 e. The number of hydrogen-bond donors (Lipinski definition) is 4. The third-order valence-corrected chi connectivity index (χ3v) is 6.17. The molecule has 2 aliphatic rings. The fourth-order valence-electron chi connectivity index (χ4n) is 4.24. The summed E-state index contributed by atoms with van der Waals surface area (Å²) in [6, 6.07) is 8.93. The lowest BCUT2D eigenvalue weighted by atomic mass is 9.99. The van der Waals surface area contributed by atoms with Crippen molar-refractivity contribution in [3.05, 3.63) is 52.4 Å². The van der Waals surface area contributed by atoms with Crippen LogP contribution in [0.5, 0.6) is 17.2 Å². The van der Waals surface area contributed by atoms with Crippen molar-refractivity contribution < 1.29 is 53.3 Å². The Morgan fingerprint density at radius 1 is 1.00 bits per heavy atom. The van der Waals surface area contributed by atoms with Crippen molar-refractivity contribution in [2.75, 3.05) is 26.9 Å². The molecule has 0 amide bonds. The Hall–Kier alpha value is -3.68. The lowest BCUT2D eigenvalue weighted by molar-refractivity contribution is -0.277. The maximum atomic E-state index is 13.5. The minimum absolute atomic E-state index is 0.0196. The molecule has 4 N–H and O–H groups in total. The molecule has 1 aromatic heterocycles. The van der Waals surface area contributed by atoms with Gasteiger partial charge in [-0.2, -0.15) is 0 Å². The van der Waals surface area contributed by atoms with Crippen molar-refractivity contribution in [3.8, 4) is 28.4 Å².